The lowest BCUT2D eigenvalue weighted by atomic mass is 10.2. The Morgan fingerprint density at radius 3 is 2.83 bits per heavy atom. The molecule has 1 fully saturated rings. The second-order valence-electron chi connectivity index (χ2n) is 5.32. The fraction of sp³-hybridized carbons (Fsp3) is 0.176. The summed E-state index contributed by atoms with van der Waals surface area (Å²) < 4.78 is 5.25. The van der Waals surface area contributed by atoms with Crippen LogP contribution in [0.4, 0.5) is 10.5 Å². The highest BCUT2D eigenvalue weighted by molar-refractivity contribution is 6.30. The molecule has 0 spiro atoms. The van der Waals surface area contributed by atoms with Gasteiger partial charge in [0.2, 0.25) is 0 Å². The first-order valence-corrected chi connectivity index (χ1v) is 7.72. The maximum atomic E-state index is 12.1. The SMILES string of the molecule is O=C(NCC1CN(c2cccc(Cl)c2)C(=O)O1)c1ccccc1O. The van der Waals surface area contributed by atoms with Gasteiger partial charge in [-0.25, -0.2) is 4.79 Å². The summed E-state index contributed by atoms with van der Waals surface area (Å²) in [5.41, 5.74) is 0.815. The number of benzene rings is 2. The number of anilines is 1. The quantitative estimate of drug-likeness (QED) is 0.892. The second kappa shape index (κ2) is 6.80. The van der Waals surface area contributed by atoms with E-state index in [1.54, 1.807) is 36.4 Å². The minimum Gasteiger partial charge on any atom is -0.507 e. The fourth-order valence-corrected chi connectivity index (χ4v) is 2.63. The maximum Gasteiger partial charge on any atom is 0.414 e. The summed E-state index contributed by atoms with van der Waals surface area (Å²) in [5.74, 6) is -0.524. The lowest BCUT2D eigenvalue weighted by Crippen LogP contribution is -2.34. The van der Waals surface area contributed by atoms with E-state index in [-0.39, 0.29) is 17.9 Å². The number of phenolic OH excluding ortho intramolecular Hbond substituents is 1. The van der Waals surface area contributed by atoms with Gasteiger partial charge in [-0.05, 0) is 30.3 Å². The monoisotopic (exact) mass is 346 g/mol. The van der Waals surface area contributed by atoms with Crippen LogP contribution in [0, 0.1) is 0 Å². The van der Waals surface area contributed by atoms with Crippen molar-refractivity contribution in [2.75, 3.05) is 18.0 Å². The van der Waals surface area contributed by atoms with E-state index in [4.69, 9.17) is 16.3 Å². The van der Waals surface area contributed by atoms with Gasteiger partial charge < -0.3 is 15.2 Å². The Kier molecular flexibility index (Phi) is 4.57. The van der Waals surface area contributed by atoms with Crippen LogP contribution in [-0.2, 0) is 4.74 Å². The number of hydrogen-bond donors (Lipinski definition) is 2. The van der Waals surface area contributed by atoms with Crippen LogP contribution in [0.3, 0.4) is 0 Å². The molecule has 2 aromatic rings. The van der Waals surface area contributed by atoms with Gasteiger partial charge in [0.15, 0.2) is 0 Å². The molecule has 6 nitrogen and oxygen atoms in total. The highest BCUT2D eigenvalue weighted by Crippen LogP contribution is 2.24. The van der Waals surface area contributed by atoms with Crippen molar-refractivity contribution in [2.45, 2.75) is 6.10 Å². The Labute approximate surface area is 143 Å². The predicted molar refractivity (Wildman–Crippen MR) is 89.5 cm³/mol. The molecule has 1 aliphatic rings. The third-order valence-electron chi connectivity index (χ3n) is 3.63. The molecule has 3 rings (SSSR count). The van der Waals surface area contributed by atoms with Crippen molar-refractivity contribution < 1.29 is 19.4 Å². The van der Waals surface area contributed by atoms with Gasteiger partial charge in [0, 0.05) is 10.7 Å². The number of ether oxygens (including phenoxy) is 1. The van der Waals surface area contributed by atoms with E-state index in [1.807, 2.05) is 0 Å². The summed E-state index contributed by atoms with van der Waals surface area (Å²) in [4.78, 5) is 25.5. The Morgan fingerprint density at radius 2 is 2.08 bits per heavy atom. The molecule has 7 heteroatoms. The number of amides is 2. The van der Waals surface area contributed by atoms with Gasteiger partial charge in [0.25, 0.3) is 5.91 Å². The molecule has 0 aromatic heterocycles. The molecule has 2 amide bonds. The zero-order valence-corrected chi connectivity index (χ0v) is 13.4. The smallest absolute Gasteiger partial charge is 0.414 e. The number of aromatic hydroxyl groups is 1. The topological polar surface area (TPSA) is 78.9 Å². The average Bonchev–Trinajstić information content (AvgIpc) is 2.94. The predicted octanol–water partition coefficient (Wildman–Crippen LogP) is 2.80. The first-order chi connectivity index (χ1) is 11.5. The van der Waals surface area contributed by atoms with Crippen LogP contribution in [0.2, 0.25) is 5.02 Å². The zero-order chi connectivity index (χ0) is 17.1. The summed E-state index contributed by atoms with van der Waals surface area (Å²) in [6, 6.07) is 13.1. The zero-order valence-electron chi connectivity index (χ0n) is 12.6. The van der Waals surface area contributed by atoms with Crippen LogP contribution >= 0.6 is 11.6 Å². The van der Waals surface area contributed by atoms with Crippen molar-refractivity contribution in [3.05, 3.63) is 59.1 Å². The molecule has 0 bridgehead atoms. The minimum atomic E-state index is -0.487. The molecule has 0 saturated carbocycles. The number of hydrogen-bond acceptors (Lipinski definition) is 4. The molecular weight excluding hydrogens is 332 g/mol. The van der Waals surface area contributed by atoms with E-state index in [9.17, 15) is 14.7 Å². The molecule has 1 heterocycles. The summed E-state index contributed by atoms with van der Waals surface area (Å²) in [7, 11) is 0. The van der Waals surface area contributed by atoms with Gasteiger partial charge in [0.05, 0.1) is 18.7 Å². The standard InChI is InChI=1S/C17H15ClN2O4/c18-11-4-3-5-12(8-11)20-10-13(24-17(20)23)9-19-16(22)14-6-1-2-7-15(14)21/h1-8,13,21H,9-10H2,(H,19,22). The molecule has 24 heavy (non-hydrogen) atoms. The highest BCUT2D eigenvalue weighted by atomic mass is 35.5. The molecule has 1 aliphatic heterocycles. The third kappa shape index (κ3) is 3.44. The largest absolute Gasteiger partial charge is 0.507 e. The maximum absolute atomic E-state index is 12.1. The van der Waals surface area contributed by atoms with E-state index >= 15 is 0 Å². The molecule has 1 atom stereocenters. The van der Waals surface area contributed by atoms with E-state index in [0.717, 1.165) is 0 Å². The lowest BCUT2D eigenvalue weighted by Gasteiger charge is -2.13. The number of phenols is 1. The van der Waals surface area contributed by atoms with Crippen LogP contribution in [0.25, 0.3) is 0 Å². The molecule has 0 aliphatic carbocycles. The van der Waals surface area contributed by atoms with Gasteiger partial charge >= 0.3 is 6.09 Å². The first kappa shape index (κ1) is 16.1. The number of cyclic esters (lactones) is 1. The molecule has 1 saturated heterocycles. The van der Waals surface area contributed by atoms with Crippen molar-refractivity contribution in [3.63, 3.8) is 0 Å². The van der Waals surface area contributed by atoms with Crippen LogP contribution in [0.1, 0.15) is 10.4 Å². The fourth-order valence-electron chi connectivity index (χ4n) is 2.45. The average molecular weight is 347 g/mol. The summed E-state index contributed by atoms with van der Waals surface area (Å²) in [5, 5.41) is 12.8. The number of rotatable bonds is 4. The number of halogens is 1. The first-order valence-electron chi connectivity index (χ1n) is 7.34. The minimum absolute atomic E-state index is 0.0982. The van der Waals surface area contributed by atoms with Crippen molar-refractivity contribution in [1.29, 1.82) is 0 Å². The van der Waals surface area contributed by atoms with Gasteiger partial charge in [-0.2, -0.15) is 0 Å². The molecule has 2 aromatic carbocycles. The van der Waals surface area contributed by atoms with Crippen molar-refractivity contribution in [3.8, 4) is 5.75 Å². The molecule has 0 radical (unpaired) electrons. The van der Waals surface area contributed by atoms with Gasteiger partial charge in [-0.1, -0.05) is 29.8 Å². The van der Waals surface area contributed by atoms with E-state index in [0.29, 0.717) is 17.3 Å². The van der Waals surface area contributed by atoms with Crippen LogP contribution in [0.15, 0.2) is 48.5 Å². The van der Waals surface area contributed by atoms with E-state index in [1.165, 1.54) is 17.0 Å². The second-order valence-corrected chi connectivity index (χ2v) is 5.76. The van der Waals surface area contributed by atoms with E-state index in [2.05, 4.69) is 5.32 Å². The van der Waals surface area contributed by atoms with Crippen LogP contribution in [0.5, 0.6) is 5.75 Å². The Balaban J connectivity index is 1.61. The Morgan fingerprint density at radius 1 is 1.29 bits per heavy atom. The molecule has 124 valence electrons. The Hall–Kier alpha value is -2.73. The Bertz CT molecular complexity index is 781. The van der Waals surface area contributed by atoms with Gasteiger partial charge in [0.1, 0.15) is 11.9 Å². The van der Waals surface area contributed by atoms with Crippen LogP contribution in [-0.4, -0.2) is 36.3 Å². The molecule has 1 unspecified atom stereocenters. The summed E-state index contributed by atoms with van der Waals surface area (Å²) in [6.45, 7) is 0.455. The molecular formula is C17H15ClN2O4. The van der Waals surface area contributed by atoms with Crippen LogP contribution < -0.4 is 10.2 Å². The van der Waals surface area contributed by atoms with Gasteiger partial charge in [-0.15, -0.1) is 0 Å². The van der Waals surface area contributed by atoms with Crippen molar-refractivity contribution in [2.24, 2.45) is 0 Å². The molecule has 2 N–H and O–H groups in total. The third-order valence-corrected chi connectivity index (χ3v) is 3.87. The number of para-hydroxylation sites is 1. The summed E-state index contributed by atoms with van der Waals surface area (Å²) >= 11 is 5.93. The number of carbonyl (C=O) groups is 2. The normalized spacial score (nSPS) is 16.8. The number of nitrogens with one attached hydrogen (secondary N) is 1. The van der Waals surface area contributed by atoms with Crippen molar-refractivity contribution in [1.82, 2.24) is 5.32 Å². The van der Waals surface area contributed by atoms with Gasteiger partial charge in [-0.3, -0.25) is 9.69 Å². The van der Waals surface area contributed by atoms with Crippen molar-refractivity contribution >= 4 is 29.3 Å². The number of nitrogens with zero attached hydrogens (tertiary/aromatic N) is 1. The van der Waals surface area contributed by atoms with E-state index < -0.39 is 18.1 Å². The lowest BCUT2D eigenvalue weighted by molar-refractivity contribution is 0.0913. The summed E-state index contributed by atoms with van der Waals surface area (Å²) in [6.07, 6.45) is -0.967. The highest BCUT2D eigenvalue weighted by Gasteiger charge is 2.32. The number of carbonyl (C=O) groups excluding carboxylic acids is 2.